The third kappa shape index (κ3) is 0.855. The number of carbonyl (C=O) groups is 1. The number of hydrogen-bond acceptors (Lipinski definition) is 2. The molecule has 2 rings (SSSR count). The summed E-state index contributed by atoms with van der Waals surface area (Å²) in [6.07, 6.45) is 2.27. The molecule has 1 saturated carbocycles. The number of hydrogen-bond donors (Lipinski definition) is 2. The lowest BCUT2D eigenvalue weighted by Crippen LogP contribution is -2.25. The molecule has 0 aliphatic heterocycles. The fraction of sp³-hybridized carbons (Fsp3) is 0.556. The first-order chi connectivity index (χ1) is 6.01. The molecule has 0 bridgehead atoms. The Morgan fingerprint density at radius 3 is 2.62 bits per heavy atom. The van der Waals surface area contributed by atoms with E-state index in [-0.39, 0.29) is 5.41 Å². The summed E-state index contributed by atoms with van der Waals surface area (Å²) in [6, 6.07) is 1.74. The van der Waals surface area contributed by atoms with E-state index in [9.17, 15) is 4.79 Å². The number of nitrogens with zero attached hydrogens (tertiary/aromatic N) is 1. The lowest BCUT2D eigenvalue weighted by molar-refractivity contribution is -0.141. The zero-order chi connectivity index (χ0) is 9.69. The van der Waals surface area contributed by atoms with Crippen molar-refractivity contribution in [3.8, 4) is 0 Å². The second-order valence-corrected chi connectivity index (χ2v) is 4.24. The van der Waals surface area contributed by atoms with Crippen molar-refractivity contribution in [3.63, 3.8) is 0 Å². The quantitative estimate of drug-likeness (QED) is 0.717. The van der Waals surface area contributed by atoms with Crippen LogP contribution in [0, 0.1) is 5.41 Å². The molecule has 2 N–H and O–H groups in total. The Morgan fingerprint density at radius 2 is 2.31 bits per heavy atom. The molecule has 0 spiro atoms. The lowest BCUT2D eigenvalue weighted by Gasteiger charge is -2.12. The maximum atomic E-state index is 11.1. The van der Waals surface area contributed by atoms with Crippen LogP contribution in [0.15, 0.2) is 12.3 Å². The highest BCUT2D eigenvalue weighted by Gasteiger charge is 2.68. The van der Waals surface area contributed by atoms with Crippen LogP contribution in [-0.4, -0.2) is 21.3 Å². The molecule has 70 valence electrons. The molecule has 1 aromatic heterocycles. The van der Waals surface area contributed by atoms with Gasteiger partial charge in [0.15, 0.2) is 0 Å². The van der Waals surface area contributed by atoms with Gasteiger partial charge in [-0.05, 0) is 17.9 Å². The highest BCUT2D eigenvalue weighted by atomic mass is 16.4. The molecule has 1 atom stereocenters. The van der Waals surface area contributed by atoms with Gasteiger partial charge < -0.3 is 5.11 Å². The summed E-state index contributed by atoms with van der Waals surface area (Å²) in [6.45, 7) is 3.92. The maximum Gasteiger partial charge on any atom is 0.316 e. The van der Waals surface area contributed by atoms with Gasteiger partial charge in [0.1, 0.15) is 5.41 Å². The van der Waals surface area contributed by atoms with Crippen LogP contribution in [0.3, 0.4) is 0 Å². The van der Waals surface area contributed by atoms with Crippen LogP contribution in [0.25, 0.3) is 0 Å². The van der Waals surface area contributed by atoms with Crippen LogP contribution >= 0.6 is 0 Å². The Bertz CT molecular complexity index is 343. The highest BCUT2D eigenvalue weighted by molar-refractivity contribution is 5.86. The number of rotatable bonds is 2. The maximum absolute atomic E-state index is 11.1. The van der Waals surface area contributed by atoms with Crippen LogP contribution < -0.4 is 0 Å². The van der Waals surface area contributed by atoms with Gasteiger partial charge in [0.2, 0.25) is 0 Å². The average Bonchev–Trinajstić information content (AvgIpc) is 2.52. The zero-order valence-corrected chi connectivity index (χ0v) is 7.66. The van der Waals surface area contributed by atoms with E-state index in [1.165, 1.54) is 0 Å². The molecule has 0 amide bonds. The second-order valence-electron chi connectivity index (χ2n) is 4.24. The van der Waals surface area contributed by atoms with Gasteiger partial charge in [-0.1, -0.05) is 13.8 Å². The van der Waals surface area contributed by atoms with Gasteiger partial charge in [0.25, 0.3) is 0 Å². The third-order valence-corrected chi connectivity index (χ3v) is 3.06. The monoisotopic (exact) mass is 180 g/mol. The van der Waals surface area contributed by atoms with Crippen molar-refractivity contribution >= 4 is 5.97 Å². The molecular weight excluding hydrogens is 168 g/mol. The topological polar surface area (TPSA) is 66.0 Å². The van der Waals surface area contributed by atoms with E-state index in [1.54, 1.807) is 12.3 Å². The first-order valence-electron chi connectivity index (χ1n) is 4.24. The predicted molar refractivity (Wildman–Crippen MR) is 46.3 cm³/mol. The van der Waals surface area contributed by atoms with Gasteiger partial charge in [0.05, 0.1) is 5.69 Å². The fourth-order valence-corrected chi connectivity index (χ4v) is 2.05. The van der Waals surface area contributed by atoms with Crippen molar-refractivity contribution < 1.29 is 9.90 Å². The summed E-state index contributed by atoms with van der Waals surface area (Å²) in [5.41, 5.74) is -0.181. The molecule has 0 radical (unpaired) electrons. The SMILES string of the molecule is CC1(C)CC1(C(=O)O)c1ccn[nH]1. The van der Waals surface area contributed by atoms with E-state index < -0.39 is 11.4 Å². The number of carboxylic acids is 1. The number of H-pyrrole nitrogens is 1. The smallest absolute Gasteiger partial charge is 0.316 e. The van der Waals surface area contributed by atoms with Crippen LogP contribution in [-0.2, 0) is 10.2 Å². The van der Waals surface area contributed by atoms with Crippen molar-refractivity contribution in [3.05, 3.63) is 18.0 Å². The molecule has 4 heteroatoms. The van der Waals surface area contributed by atoms with Crippen molar-refractivity contribution in [1.29, 1.82) is 0 Å². The largest absolute Gasteiger partial charge is 0.481 e. The molecular formula is C9H12N2O2. The summed E-state index contributed by atoms with van der Waals surface area (Å²) in [5.74, 6) is -0.762. The number of nitrogens with one attached hydrogen (secondary N) is 1. The first kappa shape index (κ1) is 8.29. The fourth-order valence-electron chi connectivity index (χ4n) is 2.05. The van der Waals surface area contributed by atoms with E-state index in [0.717, 1.165) is 0 Å². The van der Waals surface area contributed by atoms with Crippen LogP contribution in [0.5, 0.6) is 0 Å². The Hall–Kier alpha value is -1.32. The molecule has 4 nitrogen and oxygen atoms in total. The molecule has 1 aromatic rings. The highest BCUT2D eigenvalue weighted by Crippen LogP contribution is 2.63. The minimum atomic E-state index is -0.762. The standard InChI is InChI=1S/C9H12N2O2/c1-8(2)5-9(8,7(12)13)6-3-4-10-11-6/h3-4H,5H2,1-2H3,(H,10,11)(H,12,13). The van der Waals surface area contributed by atoms with E-state index in [4.69, 9.17) is 5.11 Å². The predicted octanol–water partition coefficient (Wildman–Crippen LogP) is 1.16. The minimum Gasteiger partial charge on any atom is -0.481 e. The normalized spacial score (nSPS) is 30.0. The minimum absolute atomic E-state index is 0.161. The molecule has 1 aliphatic rings. The zero-order valence-electron chi connectivity index (χ0n) is 7.66. The van der Waals surface area contributed by atoms with Gasteiger partial charge in [-0.2, -0.15) is 5.10 Å². The number of carboxylic acid groups (broad SMARTS) is 1. The van der Waals surface area contributed by atoms with Gasteiger partial charge in [0, 0.05) is 6.20 Å². The van der Waals surface area contributed by atoms with E-state index in [1.807, 2.05) is 13.8 Å². The lowest BCUT2D eigenvalue weighted by atomic mass is 9.93. The first-order valence-corrected chi connectivity index (χ1v) is 4.24. The van der Waals surface area contributed by atoms with Crippen molar-refractivity contribution in [1.82, 2.24) is 10.2 Å². The molecule has 0 aromatic carbocycles. The summed E-state index contributed by atoms with van der Waals surface area (Å²) in [5, 5.41) is 15.7. The van der Waals surface area contributed by atoms with Crippen LogP contribution in [0.1, 0.15) is 26.0 Å². The van der Waals surface area contributed by atoms with Crippen molar-refractivity contribution in [2.24, 2.45) is 5.41 Å². The Morgan fingerprint density at radius 1 is 1.69 bits per heavy atom. The van der Waals surface area contributed by atoms with E-state index >= 15 is 0 Å². The Labute approximate surface area is 76.0 Å². The molecule has 0 saturated heterocycles. The molecule has 1 unspecified atom stereocenters. The van der Waals surface area contributed by atoms with Crippen molar-refractivity contribution in [2.45, 2.75) is 25.7 Å². The molecule has 1 heterocycles. The third-order valence-electron chi connectivity index (χ3n) is 3.06. The van der Waals surface area contributed by atoms with Crippen LogP contribution in [0.4, 0.5) is 0 Å². The average molecular weight is 180 g/mol. The summed E-state index contributed by atoms with van der Waals surface area (Å²) < 4.78 is 0. The second kappa shape index (κ2) is 2.13. The molecule has 13 heavy (non-hydrogen) atoms. The molecule has 1 fully saturated rings. The van der Waals surface area contributed by atoms with Gasteiger partial charge in [-0.15, -0.1) is 0 Å². The Kier molecular flexibility index (Phi) is 1.36. The van der Waals surface area contributed by atoms with Gasteiger partial charge >= 0.3 is 5.97 Å². The number of aromatic nitrogens is 2. The molecule has 1 aliphatic carbocycles. The van der Waals surface area contributed by atoms with Crippen LogP contribution in [0.2, 0.25) is 0 Å². The summed E-state index contributed by atoms with van der Waals surface area (Å²) >= 11 is 0. The van der Waals surface area contributed by atoms with Crippen molar-refractivity contribution in [2.75, 3.05) is 0 Å². The van der Waals surface area contributed by atoms with E-state index in [0.29, 0.717) is 12.1 Å². The summed E-state index contributed by atoms with van der Waals surface area (Å²) in [4.78, 5) is 11.1. The summed E-state index contributed by atoms with van der Waals surface area (Å²) in [7, 11) is 0. The Balaban J connectivity index is 2.45. The van der Waals surface area contributed by atoms with E-state index in [2.05, 4.69) is 10.2 Å². The van der Waals surface area contributed by atoms with Gasteiger partial charge in [-0.3, -0.25) is 9.89 Å². The number of aliphatic carboxylic acids is 1. The van der Waals surface area contributed by atoms with Gasteiger partial charge in [-0.25, -0.2) is 0 Å². The number of aromatic amines is 1.